The van der Waals surface area contributed by atoms with E-state index in [1.54, 1.807) is 0 Å². The molecule has 2 heterocycles. The van der Waals surface area contributed by atoms with Crippen LogP contribution in [0.5, 0.6) is 0 Å². The average Bonchev–Trinajstić information content (AvgIpc) is 3.18. The van der Waals surface area contributed by atoms with Gasteiger partial charge in [0.15, 0.2) is 0 Å². The Labute approximate surface area is 177 Å². The Morgan fingerprint density at radius 3 is 2.41 bits per heavy atom. The van der Waals surface area contributed by atoms with Gasteiger partial charge in [-0.05, 0) is 62.0 Å². The molecule has 1 aromatic heterocycles. The molecule has 0 aliphatic carbocycles. The highest BCUT2D eigenvalue weighted by Crippen LogP contribution is 2.33. The first-order chi connectivity index (χ1) is 14.2. The molecule has 5 heteroatoms. The van der Waals surface area contributed by atoms with E-state index in [1.165, 1.54) is 20.8 Å². The largest absolute Gasteiger partial charge is 0.324 e. The minimum atomic E-state index is 0.0963. The minimum Gasteiger partial charge on any atom is -0.324 e. The molecule has 1 aliphatic heterocycles. The molecule has 0 atom stereocenters. The van der Waals surface area contributed by atoms with Gasteiger partial charge in [-0.1, -0.05) is 44.2 Å². The summed E-state index contributed by atoms with van der Waals surface area (Å²) in [5.74, 6) is 0.609. The molecule has 0 bridgehead atoms. The SMILES string of the molecule is CCc1cccc(CC)c1NC(=O)CN1CCC(c2nc3ccccc3s2)CC1. The molecule has 29 heavy (non-hydrogen) atoms. The fourth-order valence-electron chi connectivity index (χ4n) is 4.19. The molecule has 1 saturated heterocycles. The Morgan fingerprint density at radius 2 is 1.76 bits per heavy atom. The summed E-state index contributed by atoms with van der Waals surface area (Å²) in [6.45, 7) is 6.64. The van der Waals surface area contributed by atoms with Gasteiger partial charge in [0.05, 0.1) is 21.8 Å². The normalized spacial score (nSPS) is 15.7. The number of carbonyl (C=O) groups is 1. The van der Waals surface area contributed by atoms with Crippen molar-refractivity contribution in [3.8, 4) is 0 Å². The Balaban J connectivity index is 1.34. The topological polar surface area (TPSA) is 45.2 Å². The first-order valence-corrected chi connectivity index (χ1v) is 11.5. The number of carbonyl (C=O) groups excluding carboxylic acids is 1. The fraction of sp³-hybridized carbons (Fsp3) is 0.417. The van der Waals surface area contributed by atoms with E-state index in [0.717, 1.165) is 50.0 Å². The maximum Gasteiger partial charge on any atom is 0.238 e. The van der Waals surface area contributed by atoms with Crippen LogP contribution in [0.1, 0.15) is 48.7 Å². The van der Waals surface area contributed by atoms with Gasteiger partial charge in [0.1, 0.15) is 0 Å². The van der Waals surface area contributed by atoms with Crippen LogP contribution in [-0.4, -0.2) is 35.4 Å². The highest BCUT2D eigenvalue weighted by Gasteiger charge is 2.24. The number of piperidine rings is 1. The van der Waals surface area contributed by atoms with Gasteiger partial charge in [0, 0.05) is 11.6 Å². The Hall–Kier alpha value is -2.24. The number of fused-ring (bicyclic) bond motifs is 1. The van der Waals surface area contributed by atoms with Crippen molar-refractivity contribution in [2.24, 2.45) is 0 Å². The molecule has 4 rings (SSSR count). The molecule has 152 valence electrons. The van der Waals surface area contributed by atoms with Crippen LogP contribution in [-0.2, 0) is 17.6 Å². The summed E-state index contributed by atoms with van der Waals surface area (Å²) in [7, 11) is 0. The molecule has 0 spiro atoms. The predicted molar refractivity (Wildman–Crippen MR) is 122 cm³/mol. The Morgan fingerprint density at radius 1 is 1.07 bits per heavy atom. The van der Waals surface area contributed by atoms with E-state index in [1.807, 2.05) is 17.4 Å². The molecular formula is C24H29N3OS. The van der Waals surface area contributed by atoms with Crippen molar-refractivity contribution in [3.63, 3.8) is 0 Å². The zero-order chi connectivity index (χ0) is 20.2. The first kappa shape index (κ1) is 20.0. The number of aryl methyl sites for hydroxylation is 2. The number of hydrogen-bond acceptors (Lipinski definition) is 4. The molecule has 2 aromatic carbocycles. The van der Waals surface area contributed by atoms with Gasteiger partial charge in [-0.3, -0.25) is 9.69 Å². The van der Waals surface area contributed by atoms with E-state index in [2.05, 4.69) is 60.5 Å². The molecule has 0 saturated carbocycles. The van der Waals surface area contributed by atoms with Crippen molar-refractivity contribution in [1.29, 1.82) is 0 Å². The third-order valence-electron chi connectivity index (χ3n) is 5.88. The maximum absolute atomic E-state index is 12.7. The van der Waals surface area contributed by atoms with Crippen molar-refractivity contribution < 1.29 is 4.79 Å². The number of benzene rings is 2. The Bertz CT molecular complexity index is 933. The summed E-state index contributed by atoms with van der Waals surface area (Å²) < 4.78 is 1.27. The summed E-state index contributed by atoms with van der Waals surface area (Å²) in [5.41, 5.74) is 4.56. The van der Waals surface area contributed by atoms with Gasteiger partial charge in [-0.25, -0.2) is 4.98 Å². The lowest BCUT2D eigenvalue weighted by atomic mass is 9.97. The van der Waals surface area contributed by atoms with Crippen molar-refractivity contribution in [2.75, 3.05) is 25.0 Å². The quantitative estimate of drug-likeness (QED) is 0.608. The number of aromatic nitrogens is 1. The van der Waals surface area contributed by atoms with Gasteiger partial charge >= 0.3 is 0 Å². The van der Waals surface area contributed by atoms with E-state index >= 15 is 0 Å². The predicted octanol–water partition coefficient (Wildman–Crippen LogP) is 5.24. The van der Waals surface area contributed by atoms with Crippen LogP contribution in [0.2, 0.25) is 0 Å². The van der Waals surface area contributed by atoms with E-state index in [0.29, 0.717) is 12.5 Å². The lowest BCUT2D eigenvalue weighted by molar-refractivity contribution is -0.117. The van der Waals surface area contributed by atoms with Crippen LogP contribution >= 0.6 is 11.3 Å². The van der Waals surface area contributed by atoms with Gasteiger partial charge < -0.3 is 5.32 Å². The smallest absolute Gasteiger partial charge is 0.238 e. The second-order valence-corrected chi connectivity index (χ2v) is 8.84. The first-order valence-electron chi connectivity index (χ1n) is 10.7. The van der Waals surface area contributed by atoms with Gasteiger partial charge in [-0.2, -0.15) is 0 Å². The second kappa shape index (κ2) is 9.06. The number of anilines is 1. The number of para-hydroxylation sites is 2. The van der Waals surface area contributed by atoms with Crippen molar-refractivity contribution in [3.05, 3.63) is 58.6 Å². The lowest BCUT2D eigenvalue weighted by Gasteiger charge is -2.30. The summed E-state index contributed by atoms with van der Waals surface area (Å²) in [6.07, 6.45) is 3.99. The van der Waals surface area contributed by atoms with Crippen LogP contribution in [0.4, 0.5) is 5.69 Å². The van der Waals surface area contributed by atoms with Crippen LogP contribution in [0, 0.1) is 0 Å². The number of hydrogen-bond donors (Lipinski definition) is 1. The number of nitrogens with one attached hydrogen (secondary N) is 1. The zero-order valence-electron chi connectivity index (χ0n) is 17.3. The molecular weight excluding hydrogens is 378 g/mol. The van der Waals surface area contributed by atoms with Crippen molar-refractivity contribution in [1.82, 2.24) is 9.88 Å². The molecule has 4 nitrogen and oxygen atoms in total. The van der Waals surface area contributed by atoms with Crippen molar-refractivity contribution in [2.45, 2.75) is 45.4 Å². The van der Waals surface area contributed by atoms with Crippen LogP contribution < -0.4 is 5.32 Å². The number of nitrogens with zero attached hydrogens (tertiary/aromatic N) is 2. The van der Waals surface area contributed by atoms with E-state index in [4.69, 9.17) is 4.98 Å². The molecule has 3 aromatic rings. The summed E-state index contributed by atoms with van der Waals surface area (Å²) in [5, 5.41) is 4.45. The molecule has 0 radical (unpaired) electrons. The van der Waals surface area contributed by atoms with Crippen LogP contribution in [0.15, 0.2) is 42.5 Å². The molecule has 1 N–H and O–H groups in total. The van der Waals surface area contributed by atoms with Gasteiger partial charge in [0.25, 0.3) is 0 Å². The fourth-order valence-corrected chi connectivity index (χ4v) is 5.32. The highest BCUT2D eigenvalue weighted by molar-refractivity contribution is 7.18. The minimum absolute atomic E-state index is 0.0963. The Kier molecular flexibility index (Phi) is 6.26. The number of thiazole rings is 1. The van der Waals surface area contributed by atoms with E-state index in [9.17, 15) is 4.79 Å². The van der Waals surface area contributed by atoms with Crippen LogP contribution in [0.3, 0.4) is 0 Å². The number of likely N-dealkylation sites (tertiary alicyclic amines) is 1. The summed E-state index contributed by atoms with van der Waals surface area (Å²) in [4.78, 5) is 19.8. The number of amides is 1. The summed E-state index contributed by atoms with van der Waals surface area (Å²) >= 11 is 1.82. The molecule has 1 aliphatic rings. The van der Waals surface area contributed by atoms with E-state index in [-0.39, 0.29) is 5.91 Å². The molecule has 1 fully saturated rings. The summed E-state index contributed by atoms with van der Waals surface area (Å²) in [6, 6.07) is 14.7. The average molecular weight is 408 g/mol. The third kappa shape index (κ3) is 4.51. The van der Waals surface area contributed by atoms with Gasteiger partial charge in [0.2, 0.25) is 5.91 Å². The van der Waals surface area contributed by atoms with Crippen LogP contribution in [0.25, 0.3) is 10.2 Å². The highest BCUT2D eigenvalue weighted by atomic mass is 32.1. The zero-order valence-corrected chi connectivity index (χ0v) is 18.1. The van der Waals surface area contributed by atoms with Gasteiger partial charge in [-0.15, -0.1) is 11.3 Å². The monoisotopic (exact) mass is 407 g/mol. The standard InChI is InChI=1S/C24H29N3OS/c1-3-17-8-7-9-18(4-2)23(17)26-22(28)16-27-14-12-19(13-15-27)24-25-20-10-5-6-11-21(20)29-24/h5-11,19H,3-4,12-16H2,1-2H3,(H,26,28). The van der Waals surface area contributed by atoms with Crippen molar-refractivity contribution >= 4 is 33.1 Å². The second-order valence-electron chi connectivity index (χ2n) is 7.78. The third-order valence-corrected chi connectivity index (χ3v) is 7.08. The van der Waals surface area contributed by atoms with E-state index < -0.39 is 0 Å². The molecule has 0 unspecified atom stereocenters. The lowest BCUT2D eigenvalue weighted by Crippen LogP contribution is -2.39. The number of rotatable bonds is 6. The maximum atomic E-state index is 12.7. The molecule has 1 amide bonds.